The molecule has 1 rings (SSSR count). The van der Waals surface area contributed by atoms with Crippen molar-refractivity contribution < 1.29 is 17.6 Å². The summed E-state index contributed by atoms with van der Waals surface area (Å²) in [5.41, 5.74) is 4.76. The van der Waals surface area contributed by atoms with E-state index in [1.807, 2.05) is 0 Å². The number of rotatable bonds is 2. The van der Waals surface area contributed by atoms with Crippen LogP contribution in [-0.4, -0.2) is 14.3 Å². The number of amides is 1. The summed E-state index contributed by atoms with van der Waals surface area (Å²) in [7, 11) is 0.721. The first kappa shape index (κ1) is 10.9. The summed E-state index contributed by atoms with van der Waals surface area (Å²) in [6.07, 6.45) is 0. The monoisotopic (exact) mass is 237 g/mol. The summed E-state index contributed by atoms with van der Waals surface area (Å²) in [6.45, 7) is 0. The van der Waals surface area contributed by atoms with E-state index in [0.29, 0.717) is 0 Å². The molecule has 0 fully saturated rings. The van der Waals surface area contributed by atoms with Crippen LogP contribution in [0.25, 0.3) is 0 Å². The van der Waals surface area contributed by atoms with Gasteiger partial charge in [0.2, 0.25) is 5.91 Å². The second kappa shape index (κ2) is 3.55. The maximum Gasteiger partial charge on any atom is 0.264 e. The van der Waals surface area contributed by atoms with E-state index in [4.69, 9.17) is 16.4 Å². The van der Waals surface area contributed by atoms with E-state index in [1.165, 1.54) is 0 Å². The first-order chi connectivity index (χ1) is 6.32. The highest BCUT2D eigenvalue weighted by molar-refractivity contribution is 8.13. The summed E-state index contributed by atoms with van der Waals surface area (Å²) in [5.74, 6) is -1.88. The third kappa shape index (κ3) is 2.21. The highest BCUT2D eigenvalue weighted by Gasteiger charge is 2.17. The molecular weight excluding hydrogens is 233 g/mol. The van der Waals surface area contributed by atoms with Crippen molar-refractivity contribution in [2.24, 2.45) is 5.73 Å². The number of nitrogens with two attached hydrogens (primary N) is 1. The molecule has 76 valence electrons. The molecule has 1 aromatic carbocycles. The number of hydrogen-bond acceptors (Lipinski definition) is 3. The summed E-state index contributed by atoms with van der Waals surface area (Å²) >= 11 is 0. The molecule has 0 saturated heterocycles. The van der Waals surface area contributed by atoms with Gasteiger partial charge in [-0.25, -0.2) is 12.8 Å². The molecule has 0 bridgehead atoms. The summed E-state index contributed by atoms with van der Waals surface area (Å²) in [6, 6.07) is 2.68. The van der Waals surface area contributed by atoms with Gasteiger partial charge in [-0.2, -0.15) is 0 Å². The molecule has 7 heteroatoms. The molecule has 0 aliphatic heterocycles. The van der Waals surface area contributed by atoms with Gasteiger partial charge in [-0.3, -0.25) is 4.79 Å². The number of halogens is 2. The molecule has 0 radical (unpaired) electrons. The average Bonchev–Trinajstić information content (AvgIpc) is 2.02. The van der Waals surface area contributed by atoms with E-state index >= 15 is 0 Å². The van der Waals surface area contributed by atoms with Crippen molar-refractivity contribution in [2.75, 3.05) is 0 Å². The molecule has 0 spiro atoms. The lowest BCUT2D eigenvalue weighted by Gasteiger charge is -2.00. The zero-order valence-corrected chi connectivity index (χ0v) is 8.27. The van der Waals surface area contributed by atoms with E-state index in [9.17, 15) is 17.6 Å². The van der Waals surface area contributed by atoms with Crippen LogP contribution in [0.1, 0.15) is 10.4 Å². The third-order valence-corrected chi connectivity index (χ3v) is 2.82. The average molecular weight is 238 g/mol. The van der Waals surface area contributed by atoms with E-state index < -0.39 is 25.7 Å². The lowest BCUT2D eigenvalue weighted by Crippen LogP contribution is -2.12. The second-order valence-corrected chi connectivity index (χ2v) is 4.98. The molecule has 0 aromatic heterocycles. The zero-order valence-electron chi connectivity index (χ0n) is 6.70. The molecule has 0 atom stereocenters. The lowest BCUT2D eigenvalue weighted by atomic mass is 10.2. The largest absolute Gasteiger partial charge is 0.366 e. The molecule has 4 nitrogen and oxygen atoms in total. The number of primary amides is 1. The standard InChI is InChI=1S/C7H5ClFNO3S/c8-14(12,13)6-3-4(7(10)11)1-2-5(6)9/h1-3H,(H2,10,11). The van der Waals surface area contributed by atoms with E-state index in [0.717, 1.165) is 18.2 Å². The Hall–Kier alpha value is -1.14. The molecule has 14 heavy (non-hydrogen) atoms. The van der Waals surface area contributed by atoms with Crippen LogP contribution in [0, 0.1) is 5.82 Å². The Balaban J connectivity index is 3.44. The van der Waals surface area contributed by atoms with Crippen LogP contribution in [0.2, 0.25) is 0 Å². The lowest BCUT2D eigenvalue weighted by molar-refractivity contribution is 0.1000. The van der Waals surface area contributed by atoms with Gasteiger partial charge in [0.15, 0.2) is 0 Å². The SMILES string of the molecule is NC(=O)c1ccc(F)c(S(=O)(=O)Cl)c1. The Morgan fingerprint density at radius 1 is 1.43 bits per heavy atom. The maximum absolute atomic E-state index is 12.9. The van der Waals surface area contributed by atoms with Gasteiger partial charge in [0.1, 0.15) is 10.7 Å². The first-order valence-electron chi connectivity index (χ1n) is 3.36. The number of carbonyl (C=O) groups excluding carboxylic acids is 1. The van der Waals surface area contributed by atoms with Crippen molar-refractivity contribution in [2.45, 2.75) is 4.90 Å². The van der Waals surface area contributed by atoms with Gasteiger partial charge >= 0.3 is 0 Å². The third-order valence-electron chi connectivity index (χ3n) is 1.48. The quantitative estimate of drug-likeness (QED) is 0.775. The predicted molar refractivity (Wildman–Crippen MR) is 48.0 cm³/mol. The fraction of sp³-hybridized carbons (Fsp3) is 0. The molecule has 1 amide bonds. The normalized spacial score (nSPS) is 11.3. The van der Waals surface area contributed by atoms with Crippen LogP contribution in [0.5, 0.6) is 0 Å². The predicted octanol–water partition coefficient (Wildman–Crippen LogP) is 0.852. The number of carbonyl (C=O) groups is 1. The fourth-order valence-electron chi connectivity index (χ4n) is 0.843. The van der Waals surface area contributed by atoms with Gasteiger partial charge in [-0.15, -0.1) is 0 Å². The molecule has 0 saturated carbocycles. The number of benzene rings is 1. The van der Waals surface area contributed by atoms with Gasteiger partial charge in [0, 0.05) is 16.2 Å². The smallest absolute Gasteiger partial charge is 0.264 e. The fourth-order valence-corrected chi connectivity index (χ4v) is 1.77. The molecule has 0 aliphatic rings. The Morgan fingerprint density at radius 3 is 2.43 bits per heavy atom. The van der Waals surface area contributed by atoms with Crippen molar-refractivity contribution in [3.63, 3.8) is 0 Å². The number of hydrogen-bond donors (Lipinski definition) is 1. The topological polar surface area (TPSA) is 77.2 Å². The maximum atomic E-state index is 12.9. The Morgan fingerprint density at radius 2 is 2.00 bits per heavy atom. The van der Waals surface area contributed by atoms with Crippen LogP contribution >= 0.6 is 10.7 Å². The summed E-state index contributed by atoms with van der Waals surface area (Å²) in [4.78, 5) is 9.90. The van der Waals surface area contributed by atoms with E-state index in [-0.39, 0.29) is 5.56 Å². The Kier molecular flexibility index (Phi) is 2.77. The van der Waals surface area contributed by atoms with Crippen LogP contribution < -0.4 is 5.73 Å². The van der Waals surface area contributed by atoms with Gasteiger partial charge in [-0.05, 0) is 18.2 Å². The molecule has 2 N–H and O–H groups in total. The van der Waals surface area contributed by atoms with Crippen molar-refractivity contribution in [1.29, 1.82) is 0 Å². The molecule has 0 aliphatic carbocycles. The van der Waals surface area contributed by atoms with Crippen LogP contribution in [0.4, 0.5) is 4.39 Å². The molecule has 0 heterocycles. The van der Waals surface area contributed by atoms with Crippen molar-refractivity contribution in [1.82, 2.24) is 0 Å². The van der Waals surface area contributed by atoms with Crippen LogP contribution in [-0.2, 0) is 9.05 Å². The van der Waals surface area contributed by atoms with E-state index in [2.05, 4.69) is 0 Å². The summed E-state index contributed by atoms with van der Waals surface area (Å²) < 4.78 is 34.5. The molecule has 1 aromatic rings. The first-order valence-corrected chi connectivity index (χ1v) is 5.67. The molecular formula is C7H5ClFNO3S. The van der Waals surface area contributed by atoms with Gasteiger partial charge < -0.3 is 5.73 Å². The van der Waals surface area contributed by atoms with Crippen LogP contribution in [0.15, 0.2) is 23.1 Å². The highest BCUT2D eigenvalue weighted by atomic mass is 35.7. The second-order valence-electron chi connectivity index (χ2n) is 2.45. The van der Waals surface area contributed by atoms with Gasteiger partial charge in [0.05, 0.1) is 0 Å². The van der Waals surface area contributed by atoms with Crippen molar-refractivity contribution >= 4 is 25.6 Å². The minimum atomic E-state index is -4.20. The zero-order chi connectivity index (χ0) is 10.9. The van der Waals surface area contributed by atoms with Crippen LogP contribution in [0.3, 0.4) is 0 Å². The Labute approximate surface area is 83.9 Å². The summed E-state index contributed by atoms with van der Waals surface area (Å²) in [5, 5.41) is 0. The highest BCUT2D eigenvalue weighted by Crippen LogP contribution is 2.19. The van der Waals surface area contributed by atoms with Crippen molar-refractivity contribution in [3.8, 4) is 0 Å². The minimum Gasteiger partial charge on any atom is -0.366 e. The minimum absolute atomic E-state index is 0.120. The van der Waals surface area contributed by atoms with Gasteiger partial charge in [-0.1, -0.05) is 0 Å². The van der Waals surface area contributed by atoms with Gasteiger partial charge in [0.25, 0.3) is 9.05 Å². The van der Waals surface area contributed by atoms with E-state index in [1.54, 1.807) is 0 Å². The van der Waals surface area contributed by atoms with Crippen molar-refractivity contribution in [3.05, 3.63) is 29.6 Å². The Bertz CT molecular complexity index is 486. The molecule has 0 unspecified atom stereocenters.